The molecule has 0 N–H and O–H groups in total. The molecule has 5 heterocycles. The van der Waals surface area contributed by atoms with Crippen LogP contribution in [0.3, 0.4) is 0 Å². The van der Waals surface area contributed by atoms with Gasteiger partial charge in [0.15, 0.2) is 0 Å². The summed E-state index contributed by atoms with van der Waals surface area (Å²) in [6, 6.07) is 65.9. The molecular weight excluding hydrogens is 697 g/mol. The smallest absolute Gasteiger partial charge is 0.145 e. The molecule has 0 aliphatic rings. The largest absolute Gasteiger partial charge is 0.455 e. The number of nitrogens with zero attached hydrogens (tertiary/aromatic N) is 4. The number of pyridine rings is 2. The van der Waals surface area contributed by atoms with E-state index in [9.17, 15) is 0 Å². The molecule has 57 heavy (non-hydrogen) atoms. The maximum Gasteiger partial charge on any atom is 0.145 e. The van der Waals surface area contributed by atoms with Crippen molar-refractivity contribution >= 4 is 65.6 Å². The summed E-state index contributed by atoms with van der Waals surface area (Å²) >= 11 is 0. The van der Waals surface area contributed by atoms with Crippen molar-refractivity contribution in [1.82, 2.24) is 19.1 Å². The lowest BCUT2D eigenvalue weighted by Gasteiger charge is -2.11. The van der Waals surface area contributed by atoms with Crippen LogP contribution in [0.4, 0.5) is 0 Å². The second-order valence-corrected chi connectivity index (χ2v) is 14.6. The molecule has 0 atom stereocenters. The minimum Gasteiger partial charge on any atom is -0.455 e. The van der Waals surface area contributed by atoms with Gasteiger partial charge in [-0.3, -0.25) is 4.98 Å². The van der Waals surface area contributed by atoms with E-state index in [0.29, 0.717) is 0 Å². The molecule has 0 unspecified atom stereocenters. The molecule has 266 valence electrons. The van der Waals surface area contributed by atoms with E-state index in [2.05, 4.69) is 185 Å². The van der Waals surface area contributed by atoms with Crippen molar-refractivity contribution in [2.24, 2.45) is 0 Å². The second kappa shape index (κ2) is 12.4. The number of para-hydroxylation sites is 3. The normalized spacial score (nSPS) is 11.9. The van der Waals surface area contributed by atoms with Crippen LogP contribution in [0.25, 0.3) is 111 Å². The Morgan fingerprint density at radius 3 is 1.37 bits per heavy atom. The Balaban J connectivity index is 1.04. The minimum atomic E-state index is 0.884. The second-order valence-electron chi connectivity index (χ2n) is 14.6. The summed E-state index contributed by atoms with van der Waals surface area (Å²) in [7, 11) is 0. The molecule has 12 aromatic rings. The van der Waals surface area contributed by atoms with E-state index in [4.69, 9.17) is 14.4 Å². The van der Waals surface area contributed by atoms with Crippen molar-refractivity contribution in [2.45, 2.75) is 0 Å². The van der Waals surface area contributed by atoms with Gasteiger partial charge in [0.1, 0.15) is 11.2 Å². The zero-order valence-corrected chi connectivity index (χ0v) is 30.7. The number of aromatic nitrogens is 4. The van der Waals surface area contributed by atoms with E-state index in [1.165, 1.54) is 5.39 Å². The van der Waals surface area contributed by atoms with Crippen LogP contribution in [0, 0.1) is 0 Å². The maximum absolute atomic E-state index is 7.12. The molecule has 5 aromatic heterocycles. The maximum atomic E-state index is 7.12. The molecule has 0 fully saturated rings. The van der Waals surface area contributed by atoms with Gasteiger partial charge in [-0.15, -0.1) is 0 Å². The first-order valence-corrected chi connectivity index (χ1v) is 19.2. The summed E-state index contributed by atoms with van der Waals surface area (Å²) in [6.07, 6.45) is 1.98. The third-order valence-electron chi connectivity index (χ3n) is 11.4. The Labute approximate surface area is 327 Å². The van der Waals surface area contributed by atoms with Gasteiger partial charge in [0.2, 0.25) is 0 Å². The fourth-order valence-corrected chi connectivity index (χ4v) is 8.81. The number of hydrogen-bond acceptors (Lipinski definition) is 3. The zero-order valence-electron chi connectivity index (χ0n) is 30.7. The molecule has 0 bridgehead atoms. The summed E-state index contributed by atoms with van der Waals surface area (Å²) in [6.45, 7) is 0. The fourth-order valence-electron chi connectivity index (χ4n) is 8.81. The molecule has 0 amide bonds. The predicted molar refractivity (Wildman–Crippen MR) is 234 cm³/mol. The van der Waals surface area contributed by atoms with Gasteiger partial charge >= 0.3 is 0 Å². The van der Waals surface area contributed by atoms with Crippen LogP contribution in [0.1, 0.15) is 0 Å². The summed E-state index contributed by atoms with van der Waals surface area (Å²) < 4.78 is 11.8. The molecule has 7 aromatic carbocycles. The highest BCUT2D eigenvalue weighted by molar-refractivity contribution is 6.29. The Morgan fingerprint density at radius 1 is 0.351 bits per heavy atom. The Morgan fingerprint density at radius 2 is 0.842 bits per heavy atom. The van der Waals surface area contributed by atoms with Gasteiger partial charge in [0.25, 0.3) is 0 Å². The summed E-state index contributed by atoms with van der Waals surface area (Å²) in [5.41, 5.74) is 14.2. The molecule has 0 spiro atoms. The highest BCUT2D eigenvalue weighted by Crippen LogP contribution is 2.44. The Hall–Kier alpha value is -7.76. The van der Waals surface area contributed by atoms with Crippen molar-refractivity contribution in [3.8, 4) is 45.1 Å². The number of benzene rings is 7. The molecule has 5 heteroatoms. The van der Waals surface area contributed by atoms with Crippen LogP contribution in [0.15, 0.2) is 199 Å². The van der Waals surface area contributed by atoms with Gasteiger partial charge < -0.3 is 13.6 Å². The molecule has 12 rings (SSSR count). The number of furan rings is 1. The minimum absolute atomic E-state index is 0.884. The molecule has 0 radical (unpaired) electrons. The standard InChI is InChI=1S/C52H32N4O/c1-4-14-33(15-5-1)43-30-35(31-44(54-43)34-16-6-2-7-17-34)42-27-24-37(32-53-42)56-46-23-13-11-21-41(46)50-48(56)29-26-39-38-25-28-47-49(51(38)57-52(39)50)40-20-10-12-22-45(40)55(47)36-18-8-3-9-19-36/h1-32H. The average molecular weight is 729 g/mol. The van der Waals surface area contributed by atoms with Gasteiger partial charge in [0.05, 0.1) is 61.8 Å². The Bertz CT molecular complexity index is 3430. The van der Waals surface area contributed by atoms with Crippen molar-refractivity contribution in [3.05, 3.63) is 194 Å². The molecule has 0 saturated carbocycles. The summed E-state index contributed by atoms with van der Waals surface area (Å²) in [5, 5.41) is 6.75. The van der Waals surface area contributed by atoms with Gasteiger partial charge in [-0.05, 0) is 72.8 Å². The van der Waals surface area contributed by atoms with Crippen molar-refractivity contribution in [3.63, 3.8) is 0 Å². The zero-order chi connectivity index (χ0) is 37.5. The van der Waals surface area contributed by atoms with Gasteiger partial charge in [-0.1, -0.05) is 115 Å². The van der Waals surface area contributed by atoms with E-state index in [-0.39, 0.29) is 0 Å². The van der Waals surface area contributed by atoms with E-state index in [0.717, 1.165) is 105 Å². The quantitative estimate of drug-likeness (QED) is 0.177. The highest BCUT2D eigenvalue weighted by atomic mass is 16.3. The molecular formula is C52H32N4O. The topological polar surface area (TPSA) is 48.8 Å². The predicted octanol–water partition coefficient (Wildman–Crippen LogP) is 13.6. The van der Waals surface area contributed by atoms with Crippen LogP contribution in [-0.4, -0.2) is 19.1 Å². The van der Waals surface area contributed by atoms with E-state index < -0.39 is 0 Å². The molecule has 0 aliphatic heterocycles. The van der Waals surface area contributed by atoms with E-state index in [1.807, 2.05) is 18.3 Å². The third kappa shape index (κ3) is 4.82. The van der Waals surface area contributed by atoms with Crippen LogP contribution >= 0.6 is 0 Å². The first-order chi connectivity index (χ1) is 28.3. The lowest BCUT2D eigenvalue weighted by atomic mass is 10.0. The SMILES string of the molecule is c1ccc(-c2cc(-c3ccc(-n4c5ccccc5c5c6oc7c(ccc8c7c7ccccc7n8-c7ccccc7)c6ccc54)cn3)cc(-c3ccccc3)n2)cc1. The van der Waals surface area contributed by atoms with Gasteiger partial charge in [-0.2, -0.15) is 0 Å². The van der Waals surface area contributed by atoms with Crippen LogP contribution < -0.4 is 0 Å². The van der Waals surface area contributed by atoms with E-state index >= 15 is 0 Å². The lowest BCUT2D eigenvalue weighted by Crippen LogP contribution is -1.96. The van der Waals surface area contributed by atoms with Crippen molar-refractivity contribution in [1.29, 1.82) is 0 Å². The van der Waals surface area contributed by atoms with E-state index in [1.54, 1.807) is 0 Å². The summed E-state index contributed by atoms with van der Waals surface area (Å²) in [5.74, 6) is 0. The van der Waals surface area contributed by atoms with Gasteiger partial charge in [-0.25, -0.2) is 4.98 Å². The van der Waals surface area contributed by atoms with Crippen LogP contribution in [-0.2, 0) is 0 Å². The van der Waals surface area contributed by atoms with Crippen molar-refractivity contribution in [2.75, 3.05) is 0 Å². The van der Waals surface area contributed by atoms with Gasteiger partial charge in [0, 0.05) is 43.9 Å². The summed E-state index contributed by atoms with van der Waals surface area (Å²) in [4.78, 5) is 10.2. The molecule has 5 nitrogen and oxygen atoms in total. The van der Waals surface area contributed by atoms with Crippen LogP contribution in [0.5, 0.6) is 0 Å². The van der Waals surface area contributed by atoms with Crippen LogP contribution in [0.2, 0.25) is 0 Å². The molecule has 0 saturated heterocycles. The Kier molecular flexibility index (Phi) is 6.86. The average Bonchev–Trinajstić information content (AvgIpc) is 3.95. The monoisotopic (exact) mass is 728 g/mol. The third-order valence-corrected chi connectivity index (χ3v) is 11.4. The first kappa shape index (κ1) is 31.6. The number of fused-ring (bicyclic) bond motifs is 11. The molecule has 0 aliphatic carbocycles. The lowest BCUT2D eigenvalue weighted by molar-refractivity contribution is 0.677. The number of rotatable bonds is 5. The highest BCUT2D eigenvalue weighted by Gasteiger charge is 2.22. The number of hydrogen-bond donors (Lipinski definition) is 0. The first-order valence-electron chi connectivity index (χ1n) is 19.2. The fraction of sp³-hybridized carbons (Fsp3) is 0. The van der Waals surface area contributed by atoms with Crippen molar-refractivity contribution < 1.29 is 4.42 Å².